The van der Waals surface area contributed by atoms with Crippen molar-refractivity contribution in [3.05, 3.63) is 11.6 Å². The molecule has 6 nitrogen and oxygen atoms in total. The Labute approximate surface area is 216 Å². The van der Waals surface area contributed by atoms with Crippen LogP contribution in [0.1, 0.15) is 111 Å². The van der Waals surface area contributed by atoms with Gasteiger partial charge in [0.05, 0.1) is 6.10 Å². The monoisotopic (exact) mass is 502 g/mol. The van der Waals surface area contributed by atoms with Crippen LogP contribution in [0.15, 0.2) is 11.6 Å². The molecule has 0 aromatic rings. The van der Waals surface area contributed by atoms with Crippen LogP contribution >= 0.6 is 0 Å². The predicted octanol–water partition coefficient (Wildman–Crippen LogP) is 5.08. The van der Waals surface area contributed by atoms with E-state index in [1.807, 2.05) is 13.0 Å². The van der Waals surface area contributed by atoms with Crippen molar-refractivity contribution in [1.29, 1.82) is 0 Å². The minimum atomic E-state index is -1.40. The molecule has 0 bridgehead atoms. The predicted molar refractivity (Wildman–Crippen MR) is 137 cm³/mol. The second-order valence-electron chi connectivity index (χ2n) is 12.9. The zero-order valence-electron chi connectivity index (χ0n) is 22.7. The molecule has 0 aliphatic heterocycles. The Hall–Kier alpha value is -1.53. The maximum absolute atomic E-state index is 13.4. The van der Waals surface area contributed by atoms with Crippen molar-refractivity contribution in [2.24, 2.45) is 28.1 Å². The van der Waals surface area contributed by atoms with Gasteiger partial charge in [-0.1, -0.05) is 59.0 Å². The van der Waals surface area contributed by atoms with Gasteiger partial charge in [0.25, 0.3) is 0 Å². The molecule has 0 heterocycles. The van der Waals surface area contributed by atoms with Crippen molar-refractivity contribution in [2.75, 3.05) is 6.61 Å². The SMILES string of the molecule is CCCCCCCC(=O)O[C@]1(C(=O)CO)CC[C@@H]2[C@]1(C)C[C@H](O)C1[C@@]3(C)CCC(=O)C=C3CC[C@]12C. The minimum absolute atomic E-state index is 0.0227. The number of aliphatic hydroxyl groups excluding tert-OH is 2. The van der Waals surface area contributed by atoms with E-state index in [4.69, 9.17) is 4.74 Å². The summed E-state index contributed by atoms with van der Waals surface area (Å²) in [7, 11) is 0. The maximum Gasteiger partial charge on any atom is 0.306 e. The summed E-state index contributed by atoms with van der Waals surface area (Å²) >= 11 is 0. The van der Waals surface area contributed by atoms with E-state index in [9.17, 15) is 24.6 Å². The highest BCUT2D eigenvalue weighted by atomic mass is 16.6. The van der Waals surface area contributed by atoms with Crippen molar-refractivity contribution >= 4 is 17.5 Å². The van der Waals surface area contributed by atoms with Crippen LogP contribution in [-0.4, -0.2) is 46.1 Å². The first kappa shape index (κ1) is 27.5. The molecule has 3 saturated carbocycles. The van der Waals surface area contributed by atoms with Crippen LogP contribution in [0.2, 0.25) is 0 Å². The van der Waals surface area contributed by atoms with Crippen LogP contribution in [0, 0.1) is 28.1 Å². The summed E-state index contributed by atoms with van der Waals surface area (Å²) in [5.74, 6) is -0.584. The van der Waals surface area contributed by atoms with E-state index in [2.05, 4.69) is 20.8 Å². The van der Waals surface area contributed by atoms with Gasteiger partial charge in [-0.25, -0.2) is 0 Å². The van der Waals surface area contributed by atoms with Gasteiger partial charge in [0, 0.05) is 18.3 Å². The van der Waals surface area contributed by atoms with Gasteiger partial charge < -0.3 is 14.9 Å². The molecule has 0 aromatic heterocycles. The third kappa shape index (κ3) is 4.11. The minimum Gasteiger partial charge on any atom is -0.450 e. The van der Waals surface area contributed by atoms with Crippen molar-refractivity contribution in [3.63, 3.8) is 0 Å². The molecule has 0 aromatic carbocycles. The summed E-state index contributed by atoms with van der Waals surface area (Å²) < 4.78 is 6.13. The molecule has 36 heavy (non-hydrogen) atoms. The summed E-state index contributed by atoms with van der Waals surface area (Å²) in [6.07, 6.45) is 10.8. The topological polar surface area (TPSA) is 101 Å². The number of ketones is 2. The summed E-state index contributed by atoms with van der Waals surface area (Å²) in [4.78, 5) is 38.6. The van der Waals surface area contributed by atoms with Gasteiger partial charge in [-0.15, -0.1) is 0 Å². The van der Waals surface area contributed by atoms with Gasteiger partial charge in [0.2, 0.25) is 5.78 Å². The molecule has 0 radical (unpaired) electrons. The quantitative estimate of drug-likeness (QED) is 0.337. The summed E-state index contributed by atoms with van der Waals surface area (Å²) in [5.41, 5.74) is -1.50. The van der Waals surface area contributed by atoms with E-state index in [0.29, 0.717) is 19.3 Å². The zero-order valence-corrected chi connectivity index (χ0v) is 22.7. The third-order valence-electron chi connectivity index (χ3n) is 10.9. The van der Waals surface area contributed by atoms with Crippen LogP contribution in [0.5, 0.6) is 0 Å². The van der Waals surface area contributed by atoms with Crippen molar-refractivity contribution < 1.29 is 29.3 Å². The Morgan fingerprint density at radius 3 is 2.47 bits per heavy atom. The number of ether oxygens (including phenoxy) is 1. The normalized spacial score (nSPS) is 41.7. The maximum atomic E-state index is 13.4. The van der Waals surface area contributed by atoms with Gasteiger partial charge >= 0.3 is 5.97 Å². The van der Waals surface area contributed by atoms with Gasteiger partial charge in [0.1, 0.15) is 6.61 Å². The summed E-state index contributed by atoms with van der Waals surface area (Å²) in [5, 5.41) is 21.8. The number of aliphatic hydroxyl groups is 2. The first-order valence-corrected chi connectivity index (χ1v) is 14.3. The average Bonchev–Trinajstić information content (AvgIpc) is 3.11. The van der Waals surface area contributed by atoms with Crippen LogP contribution in [0.4, 0.5) is 0 Å². The first-order chi connectivity index (χ1) is 17.0. The van der Waals surface area contributed by atoms with Crippen LogP contribution in [-0.2, 0) is 19.1 Å². The number of fused-ring (bicyclic) bond motifs is 5. The number of carbonyl (C=O) groups excluding carboxylic acids is 3. The number of allylic oxidation sites excluding steroid dienone is 1. The number of carbonyl (C=O) groups is 3. The van der Waals surface area contributed by atoms with Crippen LogP contribution < -0.4 is 0 Å². The number of Topliss-reactive ketones (excluding diaryl/α,β-unsaturated/α-hetero) is 1. The number of unbranched alkanes of at least 4 members (excludes halogenated alkanes) is 4. The fourth-order valence-corrected chi connectivity index (χ4v) is 9.31. The summed E-state index contributed by atoms with van der Waals surface area (Å²) in [6.45, 7) is 7.94. The van der Waals surface area contributed by atoms with Crippen molar-refractivity contribution in [3.8, 4) is 0 Å². The Morgan fingerprint density at radius 1 is 1.06 bits per heavy atom. The molecule has 0 spiro atoms. The lowest BCUT2D eigenvalue weighted by Gasteiger charge is -2.65. The molecule has 4 aliphatic carbocycles. The number of hydrogen-bond acceptors (Lipinski definition) is 6. The molecule has 7 atom stereocenters. The molecule has 6 heteroatoms. The van der Waals surface area contributed by atoms with Crippen molar-refractivity contribution in [2.45, 2.75) is 123 Å². The van der Waals surface area contributed by atoms with E-state index >= 15 is 0 Å². The molecule has 0 amide bonds. The number of hydrogen-bond donors (Lipinski definition) is 2. The van der Waals surface area contributed by atoms with E-state index in [1.165, 1.54) is 0 Å². The second-order valence-corrected chi connectivity index (χ2v) is 12.9. The van der Waals surface area contributed by atoms with E-state index in [-0.39, 0.29) is 40.8 Å². The molecule has 1 unspecified atom stereocenters. The van der Waals surface area contributed by atoms with E-state index in [1.54, 1.807) is 0 Å². The Bertz CT molecular complexity index is 924. The van der Waals surface area contributed by atoms with Gasteiger partial charge in [-0.05, 0) is 73.7 Å². The lowest BCUT2D eigenvalue weighted by molar-refractivity contribution is -0.219. The Balaban J connectivity index is 1.64. The fraction of sp³-hybridized carbons (Fsp3) is 0.833. The molecular weight excluding hydrogens is 456 g/mol. The van der Waals surface area contributed by atoms with Crippen LogP contribution in [0.3, 0.4) is 0 Å². The van der Waals surface area contributed by atoms with Crippen molar-refractivity contribution in [1.82, 2.24) is 0 Å². The zero-order chi connectivity index (χ0) is 26.4. The first-order valence-electron chi connectivity index (χ1n) is 14.3. The lowest BCUT2D eigenvalue weighted by atomic mass is 9.40. The Kier molecular flexibility index (Phi) is 7.62. The molecular formula is C30H46O6. The fourth-order valence-electron chi connectivity index (χ4n) is 9.31. The van der Waals surface area contributed by atoms with Gasteiger partial charge in [-0.3, -0.25) is 14.4 Å². The number of esters is 1. The molecule has 3 fully saturated rings. The van der Waals surface area contributed by atoms with Gasteiger partial charge in [0.15, 0.2) is 11.4 Å². The largest absolute Gasteiger partial charge is 0.450 e. The average molecular weight is 503 g/mol. The molecule has 4 aliphatic rings. The molecule has 0 saturated heterocycles. The smallest absolute Gasteiger partial charge is 0.306 e. The third-order valence-corrected chi connectivity index (χ3v) is 10.9. The highest BCUT2D eigenvalue weighted by Crippen LogP contribution is 2.73. The molecule has 4 rings (SSSR count). The number of rotatable bonds is 9. The lowest BCUT2D eigenvalue weighted by Crippen LogP contribution is -2.66. The Morgan fingerprint density at radius 2 is 1.78 bits per heavy atom. The van der Waals surface area contributed by atoms with E-state index < -0.39 is 29.5 Å². The highest BCUT2D eigenvalue weighted by Gasteiger charge is 2.73. The molecule has 2 N–H and O–H groups in total. The highest BCUT2D eigenvalue weighted by molar-refractivity contribution is 5.92. The van der Waals surface area contributed by atoms with E-state index in [0.717, 1.165) is 63.4 Å². The standard InChI is InChI=1S/C30H46O6/c1-5-6-7-8-9-10-25(35)36-30(24(34)19-31)16-13-23-28(3)14-11-20-17-21(32)12-15-27(20,2)26(28)22(33)18-29(23,30)4/h17,22-23,26,31,33H,5-16,18-19H2,1-4H3/t22-,23-,26?,27-,28-,29-,30-/m0/s1. The van der Waals surface area contributed by atoms with Crippen LogP contribution in [0.25, 0.3) is 0 Å². The summed E-state index contributed by atoms with van der Waals surface area (Å²) in [6, 6.07) is 0. The van der Waals surface area contributed by atoms with Gasteiger partial charge in [-0.2, -0.15) is 0 Å². The second kappa shape index (κ2) is 9.98. The molecule has 202 valence electrons.